The SMILES string of the molecule is COc1cc(O)c2c(O)c3c(c4c2c1C1(C4)C(C)(C)CCCC1(C)C)[C@H](O)[C@H]1CC(O)=C(C(N)=O)C(=O)[C@@]1(O)C3=O. The van der Waals surface area contributed by atoms with Gasteiger partial charge in [0.1, 0.15) is 28.6 Å². The smallest absolute Gasteiger partial charge is 0.255 e. The van der Waals surface area contributed by atoms with E-state index in [4.69, 9.17) is 10.5 Å². The van der Waals surface area contributed by atoms with Crippen molar-refractivity contribution in [1.29, 1.82) is 0 Å². The van der Waals surface area contributed by atoms with Crippen LogP contribution in [0.3, 0.4) is 0 Å². The Labute approximate surface area is 236 Å². The molecule has 0 saturated heterocycles. The number of hydrogen-bond acceptors (Lipinski definition) is 9. The van der Waals surface area contributed by atoms with Crippen LogP contribution in [0.15, 0.2) is 17.4 Å². The van der Waals surface area contributed by atoms with E-state index in [0.717, 1.165) is 24.8 Å². The summed E-state index contributed by atoms with van der Waals surface area (Å²) >= 11 is 0. The Morgan fingerprint density at radius 2 is 1.63 bits per heavy atom. The number of benzene rings is 2. The van der Waals surface area contributed by atoms with Crippen LogP contribution in [0.4, 0.5) is 0 Å². The molecule has 10 heteroatoms. The van der Waals surface area contributed by atoms with Crippen molar-refractivity contribution in [3.05, 3.63) is 39.7 Å². The van der Waals surface area contributed by atoms with Crippen LogP contribution in [0.5, 0.6) is 17.2 Å². The number of fused-ring (bicyclic) bond motifs is 4. The van der Waals surface area contributed by atoms with Gasteiger partial charge in [-0.05, 0) is 41.2 Å². The van der Waals surface area contributed by atoms with Crippen molar-refractivity contribution in [2.24, 2.45) is 22.5 Å². The molecule has 1 spiro atoms. The standard InChI is InChI=1S/C31H35NO9/c1-28(2)7-6-8-29(3,4)30(28)11-12-17-19(15(34)10-16(41-5)22(17)30)24(36)21-18(12)23(35)13-9-14(33)20(27(32)39)25(37)31(13,40)26(21)38/h10,13,23,33-36,40H,6-9,11H2,1-5H3,(H2,32,39)/t13-,23-,31-/m1/s1. The summed E-state index contributed by atoms with van der Waals surface area (Å²) in [6.07, 6.45) is 0.804. The van der Waals surface area contributed by atoms with Crippen LogP contribution in [0.25, 0.3) is 10.8 Å². The average Bonchev–Trinajstić information content (AvgIpc) is 3.24. The number of rotatable bonds is 2. The maximum Gasteiger partial charge on any atom is 0.255 e. The number of hydrogen-bond donors (Lipinski definition) is 6. The van der Waals surface area contributed by atoms with Gasteiger partial charge < -0.3 is 36.0 Å². The molecule has 4 aliphatic rings. The molecule has 0 aromatic heterocycles. The third-order valence-electron chi connectivity index (χ3n) is 11.0. The minimum Gasteiger partial charge on any atom is -0.511 e. The van der Waals surface area contributed by atoms with Gasteiger partial charge in [0.25, 0.3) is 5.91 Å². The van der Waals surface area contributed by atoms with Crippen molar-refractivity contribution in [3.63, 3.8) is 0 Å². The average molecular weight is 566 g/mol. The Balaban J connectivity index is 1.75. The minimum absolute atomic E-state index is 0.0389. The molecule has 0 radical (unpaired) electrons. The number of aliphatic hydroxyl groups excluding tert-OH is 2. The molecule has 1 fully saturated rings. The molecule has 218 valence electrons. The lowest BCUT2D eigenvalue weighted by Crippen LogP contribution is -2.61. The van der Waals surface area contributed by atoms with Gasteiger partial charge in [-0.1, -0.05) is 34.1 Å². The van der Waals surface area contributed by atoms with Gasteiger partial charge in [0.15, 0.2) is 5.60 Å². The highest BCUT2D eigenvalue weighted by atomic mass is 16.5. The van der Waals surface area contributed by atoms with Crippen molar-refractivity contribution in [2.45, 2.75) is 76.9 Å². The van der Waals surface area contributed by atoms with E-state index in [1.807, 2.05) is 0 Å². The van der Waals surface area contributed by atoms with Crippen molar-refractivity contribution < 1.29 is 44.7 Å². The van der Waals surface area contributed by atoms with Crippen molar-refractivity contribution in [2.75, 3.05) is 7.11 Å². The van der Waals surface area contributed by atoms with E-state index in [-0.39, 0.29) is 27.5 Å². The molecule has 1 saturated carbocycles. The normalized spacial score (nSPS) is 29.0. The van der Waals surface area contributed by atoms with Gasteiger partial charge in [-0.3, -0.25) is 14.4 Å². The minimum atomic E-state index is -2.97. The Bertz CT molecular complexity index is 1630. The van der Waals surface area contributed by atoms with Gasteiger partial charge in [-0.2, -0.15) is 0 Å². The number of carbonyl (C=O) groups is 3. The van der Waals surface area contributed by atoms with Crippen molar-refractivity contribution >= 4 is 28.2 Å². The molecule has 7 N–H and O–H groups in total. The summed E-state index contributed by atoms with van der Waals surface area (Å²) in [7, 11) is 1.50. The zero-order valence-corrected chi connectivity index (χ0v) is 23.7. The third-order valence-corrected chi connectivity index (χ3v) is 11.0. The van der Waals surface area contributed by atoms with Crippen molar-refractivity contribution in [3.8, 4) is 17.2 Å². The second-order valence-corrected chi connectivity index (χ2v) is 13.4. The number of aliphatic hydroxyl groups is 3. The number of methoxy groups -OCH3 is 1. The van der Waals surface area contributed by atoms with E-state index in [9.17, 15) is 39.9 Å². The number of aromatic hydroxyl groups is 2. The lowest BCUT2D eigenvalue weighted by molar-refractivity contribution is -0.143. The van der Waals surface area contributed by atoms with Gasteiger partial charge in [-0.25, -0.2) is 0 Å². The molecule has 0 unspecified atom stereocenters. The van der Waals surface area contributed by atoms with Gasteiger partial charge in [0.05, 0.1) is 24.2 Å². The summed E-state index contributed by atoms with van der Waals surface area (Å²) in [5, 5.41) is 57.3. The summed E-state index contributed by atoms with van der Waals surface area (Å²) < 4.78 is 5.83. The summed E-state index contributed by atoms with van der Waals surface area (Å²) in [5.41, 5.74) is 0.971. The Kier molecular flexibility index (Phi) is 5.38. The lowest BCUT2D eigenvalue weighted by atomic mass is 9.44. The number of amides is 1. The molecule has 10 nitrogen and oxygen atoms in total. The number of carbonyl (C=O) groups excluding carboxylic acids is 3. The van der Waals surface area contributed by atoms with Crippen LogP contribution in [0, 0.1) is 16.7 Å². The zero-order chi connectivity index (χ0) is 30.2. The van der Waals surface area contributed by atoms with Crippen LogP contribution in [0.1, 0.15) is 86.5 Å². The number of phenols is 2. The predicted molar refractivity (Wildman–Crippen MR) is 147 cm³/mol. The maximum absolute atomic E-state index is 14.1. The first-order chi connectivity index (χ1) is 19.0. The molecular formula is C31H35NO9. The Morgan fingerprint density at radius 1 is 1.02 bits per heavy atom. The first-order valence-corrected chi connectivity index (χ1v) is 13.8. The molecule has 41 heavy (non-hydrogen) atoms. The molecule has 6 rings (SSSR count). The van der Waals surface area contributed by atoms with Crippen LogP contribution < -0.4 is 10.5 Å². The monoisotopic (exact) mass is 565 g/mol. The molecule has 0 bridgehead atoms. The van der Waals surface area contributed by atoms with E-state index in [1.165, 1.54) is 13.2 Å². The fourth-order valence-corrected chi connectivity index (χ4v) is 9.08. The molecular weight excluding hydrogens is 530 g/mol. The van der Waals surface area contributed by atoms with Crippen LogP contribution in [-0.2, 0) is 21.4 Å². The highest BCUT2D eigenvalue weighted by Crippen LogP contribution is 2.70. The number of phenolic OH excluding ortho intramolecular Hbond substituents is 2. The lowest BCUT2D eigenvalue weighted by Gasteiger charge is -2.59. The second kappa shape index (κ2) is 8.01. The Morgan fingerprint density at radius 3 is 2.20 bits per heavy atom. The maximum atomic E-state index is 14.1. The molecule has 0 aliphatic heterocycles. The Hall–Kier alpha value is -3.63. The number of nitrogens with two attached hydrogens (primary N) is 1. The number of allylic oxidation sites excluding steroid dienone is 1. The molecule has 0 heterocycles. The van der Waals surface area contributed by atoms with Crippen LogP contribution in [-0.4, -0.2) is 55.7 Å². The van der Waals surface area contributed by atoms with Crippen molar-refractivity contribution in [1.82, 2.24) is 0 Å². The number of primary amides is 1. The van der Waals surface area contributed by atoms with Gasteiger partial charge in [0.2, 0.25) is 11.6 Å². The van der Waals surface area contributed by atoms with Gasteiger partial charge in [-0.15, -0.1) is 0 Å². The fraction of sp³-hybridized carbons (Fsp3) is 0.516. The fourth-order valence-electron chi connectivity index (χ4n) is 9.08. The first kappa shape index (κ1) is 27.5. The number of ether oxygens (including phenoxy) is 1. The van der Waals surface area contributed by atoms with E-state index >= 15 is 0 Å². The quantitative estimate of drug-likeness (QED) is 0.235. The molecule has 2 aromatic rings. The van der Waals surface area contributed by atoms with Gasteiger partial charge >= 0.3 is 0 Å². The third kappa shape index (κ3) is 2.92. The van der Waals surface area contributed by atoms with E-state index in [1.54, 1.807) is 0 Å². The predicted octanol–water partition coefficient (Wildman–Crippen LogP) is 3.14. The topological polar surface area (TPSA) is 188 Å². The van der Waals surface area contributed by atoms with Gasteiger partial charge in [0, 0.05) is 34.8 Å². The number of ketones is 2. The second-order valence-electron chi connectivity index (χ2n) is 13.4. The molecule has 1 amide bonds. The summed E-state index contributed by atoms with van der Waals surface area (Å²) in [4.78, 5) is 39.4. The summed E-state index contributed by atoms with van der Waals surface area (Å²) in [6.45, 7) is 8.66. The zero-order valence-electron chi connectivity index (χ0n) is 23.7. The summed E-state index contributed by atoms with van der Waals surface area (Å²) in [5.74, 6) is -6.89. The van der Waals surface area contributed by atoms with Crippen LogP contribution >= 0.6 is 0 Å². The van der Waals surface area contributed by atoms with E-state index in [2.05, 4.69) is 27.7 Å². The highest BCUT2D eigenvalue weighted by molar-refractivity contribution is 6.33. The molecule has 3 atom stereocenters. The largest absolute Gasteiger partial charge is 0.511 e. The summed E-state index contributed by atoms with van der Waals surface area (Å²) in [6, 6.07) is 1.40. The molecule has 2 aromatic carbocycles. The molecule has 4 aliphatic carbocycles. The number of Topliss-reactive ketones (excluding diaryl/α,β-unsaturated/α-hetero) is 2. The van der Waals surface area contributed by atoms with E-state index in [0.29, 0.717) is 23.1 Å². The van der Waals surface area contributed by atoms with E-state index < -0.39 is 69.6 Å². The highest BCUT2D eigenvalue weighted by Gasteiger charge is 2.66. The first-order valence-electron chi connectivity index (χ1n) is 13.8. The van der Waals surface area contributed by atoms with Crippen LogP contribution in [0.2, 0.25) is 0 Å².